The van der Waals surface area contributed by atoms with E-state index >= 15 is 0 Å². The Balaban J connectivity index is 1.41. The first-order chi connectivity index (χ1) is 15.5. The minimum absolute atomic E-state index is 0.0264. The van der Waals surface area contributed by atoms with E-state index < -0.39 is 0 Å². The van der Waals surface area contributed by atoms with E-state index in [0.717, 1.165) is 49.2 Å². The largest absolute Gasteiger partial charge is 0.379 e. The molecular weight excluding hydrogens is 402 g/mol. The van der Waals surface area contributed by atoms with E-state index in [-0.39, 0.29) is 23.8 Å². The number of rotatable bonds is 10. The van der Waals surface area contributed by atoms with Crippen LogP contribution in [0.5, 0.6) is 0 Å². The summed E-state index contributed by atoms with van der Waals surface area (Å²) in [5, 5.41) is 6.09. The average molecular weight is 438 g/mol. The number of hydrogen-bond acceptors (Lipinski definition) is 4. The lowest BCUT2D eigenvalue weighted by atomic mass is 9.96. The van der Waals surface area contributed by atoms with Gasteiger partial charge in [-0.2, -0.15) is 0 Å². The van der Waals surface area contributed by atoms with Gasteiger partial charge in [0.15, 0.2) is 0 Å². The number of piperidine rings is 1. The maximum absolute atomic E-state index is 12.7. The Labute approximate surface area is 191 Å². The highest BCUT2D eigenvalue weighted by molar-refractivity contribution is 5.96. The lowest BCUT2D eigenvalue weighted by molar-refractivity contribution is -0.126. The van der Waals surface area contributed by atoms with Gasteiger partial charge >= 0.3 is 0 Å². The van der Waals surface area contributed by atoms with E-state index in [9.17, 15) is 9.59 Å². The van der Waals surface area contributed by atoms with Crippen molar-refractivity contribution < 1.29 is 14.3 Å². The molecule has 0 spiro atoms. The fourth-order valence-corrected chi connectivity index (χ4v) is 3.95. The maximum atomic E-state index is 12.7. The van der Waals surface area contributed by atoms with Gasteiger partial charge in [0.2, 0.25) is 11.8 Å². The monoisotopic (exact) mass is 437 g/mol. The zero-order valence-corrected chi connectivity index (χ0v) is 19.2. The molecule has 2 aromatic carbocycles. The third-order valence-corrected chi connectivity index (χ3v) is 5.68. The van der Waals surface area contributed by atoms with Crippen molar-refractivity contribution >= 4 is 17.5 Å². The molecule has 1 heterocycles. The Morgan fingerprint density at radius 3 is 2.44 bits per heavy atom. The number of para-hydroxylation sites is 1. The summed E-state index contributed by atoms with van der Waals surface area (Å²) in [6, 6.07) is 17.9. The first kappa shape index (κ1) is 24.0. The Morgan fingerprint density at radius 2 is 1.72 bits per heavy atom. The highest BCUT2D eigenvalue weighted by Crippen LogP contribution is 2.27. The molecule has 0 unspecified atom stereocenters. The van der Waals surface area contributed by atoms with Crippen molar-refractivity contribution in [3.05, 3.63) is 54.6 Å². The Hall–Kier alpha value is -2.70. The number of likely N-dealkylation sites (tertiary alicyclic amines) is 1. The molecule has 0 saturated carbocycles. The predicted molar refractivity (Wildman–Crippen MR) is 128 cm³/mol. The Morgan fingerprint density at radius 1 is 1.03 bits per heavy atom. The van der Waals surface area contributed by atoms with Gasteiger partial charge in [-0.25, -0.2) is 0 Å². The fourth-order valence-electron chi connectivity index (χ4n) is 3.95. The summed E-state index contributed by atoms with van der Waals surface area (Å²) in [4.78, 5) is 27.2. The number of carbonyl (C=O) groups is 2. The molecule has 3 rings (SSSR count). The van der Waals surface area contributed by atoms with Crippen molar-refractivity contribution in [2.45, 2.75) is 39.2 Å². The molecule has 0 bridgehead atoms. The SMILES string of the molecule is CC(C)OCCCNC(=O)C1CCN(CC(=O)Nc2ccccc2-c2ccccc2)CC1. The first-order valence-corrected chi connectivity index (χ1v) is 11.6. The summed E-state index contributed by atoms with van der Waals surface area (Å²) in [6.07, 6.45) is 2.61. The summed E-state index contributed by atoms with van der Waals surface area (Å²) in [7, 11) is 0. The molecule has 6 heteroatoms. The van der Waals surface area contributed by atoms with Crippen LogP contribution in [0.1, 0.15) is 33.1 Å². The van der Waals surface area contributed by atoms with Gasteiger partial charge in [-0.1, -0.05) is 48.5 Å². The first-order valence-electron chi connectivity index (χ1n) is 11.6. The van der Waals surface area contributed by atoms with Gasteiger partial charge in [-0.3, -0.25) is 14.5 Å². The summed E-state index contributed by atoms with van der Waals surface area (Å²) < 4.78 is 5.50. The summed E-state index contributed by atoms with van der Waals surface area (Å²) in [5.41, 5.74) is 2.90. The van der Waals surface area contributed by atoms with E-state index in [1.54, 1.807) is 0 Å². The van der Waals surface area contributed by atoms with Crippen LogP contribution in [0.2, 0.25) is 0 Å². The molecule has 2 aromatic rings. The van der Waals surface area contributed by atoms with Crippen LogP contribution in [0.4, 0.5) is 5.69 Å². The van der Waals surface area contributed by atoms with Crippen LogP contribution in [-0.2, 0) is 14.3 Å². The number of amides is 2. The summed E-state index contributed by atoms with van der Waals surface area (Å²) >= 11 is 0. The molecule has 1 aliphatic heterocycles. The van der Waals surface area contributed by atoms with E-state index in [4.69, 9.17) is 4.74 Å². The number of hydrogen-bond donors (Lipinski definition) is 2. The minimum Gasteiger partial charge on any atom is -0.379 e. The van der Waals surface area contributed by atoms with Crippen molar-refractivity contribution in [1.29, 1.82) is 0 Å². The Bertz CT molecular complexity index is 862. The van der Waals surface area contributed by atoms with Crippen molar-refractivity contribution in [2.24, 2.45) is 5.92 Å². The molecular formula is C26H35N3O3. The Kier molecular flexibility index (Phi) is 9.26. The standard InChI is InChI=1S/C26H35N3O3/c1-20(2)32-18-8-15-27-26(31)22-13-16-29(17-14-22)19-25(30)28-24-12-7-6-11-23(24)21-9-4-3-5-10-21/h3-7,9-12,20,22H,8,13-19H2,1-2H3,(H,27,31)(H,28,30). The van der Waals surface area contributed by atoms with Crippen LogP contribution in [0.3, 0.4) is 0 Å². The lowest BCUT2D eigenvalue weighted by Gasteiger charge is -2.30. The van der Waals surface area contributed by atoms with Crippen LogP contribution in [0, 0.1) is 5.92 Å². The number of nitrogens with zero attached hydrogens (tertiary/aromatic N) is 1. The zero-order valence-electron chi connectivity index (χ0n) is 19.2. The molecule has 0 aromatic heterocycles. The van der Waals surface area contributed by atoms with Crippen molar-refractivity contribution in [3.8, 4) is 11.1 Å². The molecule has 2 N–H and O–H groups in total. The molecule has 32 heavy (non-hydrogen) atoms. The molecule has 0 aliphatic carbocycles. The number of anilines is 1. The van der Waals surface area contributed by atoms with Gasteiger partial charge in [-0.15, -0.1) is 0 Å². The second-order valence-corrected chi connectivity index (χ2v) is 8.57. The molecule has 2 amide bonds. The van der Waals surface area contributed by atoms with E-state index in [0.29, 0.717) is 19.7 Å². The van der Waals surface area contributed by atoms with Crippen molar-refractivity contribution in [1.82, 2.24) is 10.2 Å². The quantitative estimate of drug-likeness (QED) is 0.553. The molecule has 1 aliphatic rings. The third kappa shape index (κ3) is 7.46. The number of benzene rings is 2. The van der Waals surface area contributed by atoms with Gasteiger partial charge < -0.3 is 15.4 Å². The lowest BCUT2D eigenvalue weighted by Crippen LogP contribution is -2.43. The van der Waals surface area contributed by atoms with Crippen LogP contribution in [0.15, 0.2) is 54.6 Å². The fraction of sp³-hybridized carbons (Fsp3) is 0.462. The zero-order chi connectivity index (χ0) is 22.8. The van der Waals surface area contributed by atoms with Crippen LogP contribution < -0.4 is 10.6 Å². The van der Waals surface area contributed by atoms with Gasteiger partial charge in [0.05, 0.1) is 12.6 Å². The van der Waals surface area contributed by atoms with Crippen LogP contribution >= 0.6 is 0 Å². The van der Waals surface area contributed by atoms with Gasteiger partial charge in [0, 0.05) is 30.3 Å². The minimum atomic E-state index is -0.0264. The second kappa shape index (κ2) is 12.4. The van der Waals surface area contributed by atoms with Crippen molar-refractivity contribution in [2.75, 3.05) is 38.1 Å². The number of nitrogens with one attached hydrogen (secondary N) is 2. The van der Waals surface area contributed by atoms with Crippen molar-refractivity contribution in [3.63, 3.8) is 0 Å². The molecule has 6 nitrogen and oxygen atoms in total. The van der Waals surface area contributed by atoms with Crippen LogP contribution in [-0.4, -0.2) is 55.6 Å². The molecule has 1 saturated heterocycles. The maximum Gasteiger partial charge on any atom is 0.238 e. The van der Waals surface area contributed by atoms with E-state index in [2.05, 4.69) is 15.5 Å². The van der Waals surface area contributed by atoms with Gasteiger partial charge in [0.1, 0.15) is 0 Å². The second-order valence-electron chi connectivity index (χ2n) is 8.57. The molecule has 0 atom stereocenters. The average Bonchev–Trinajstić information content (AvgIpc) is 2.80. The number of carbonyl (C=O) groups excluding carboxylic acids is 2. The topological polar surface area (TPSA) is 70.7 Å². The smallest absolute Gasteiger partial charge is 0.238 e. The van der Waals surface area contributed by atoms with Gasteiger partial charge in [0.25, 0.3) is 0 Å². The molecule has 0 radical (unpaired) electrons. The summed E-state index contributed by atoms with van der Waals surface area (Å²) in [5.74, 6) is 0.121. The molecule has 172 valence electrons. The van der Waals surface area contributed by atoms with E-state index in [1.807, 2.05) is 68.4 Å². The van der Waals surface area contributed by atoms with Crippen LogP contribution in [0.25, 0.3) is 11.1 Å². The molecule has 1 fully saturated rings. The highest BCUT2D eigenvalue weighted by atomic mass is 16.5. The van der Waals surface area contributed by atoms with E-state index in [1.165, 1.54) is 0 Å². The third-order valence-electron chi connectivity index (χ3n) is 5.68. The summed E-state index contributed by atoms with van der Waals surface area (Å²) in [6.45, 7) is 7.17. The van der Waals surface area contributed by atoms with Gasteiger partial charge in [-0.05, 0) is 57.8 Å². The predicted octanol–water partition coefficient (Wildman–Crippen LogP) is 3.94. The highest BCUT2D eigenvalue weighted by Gasteiger charge is 2.25. The number of ether oxygens (including phenoxy) is 1. The normalized spacial score (nSPS) is 15.0.